The van der Waals surface area contributed by atoms with Gasteiger partial charge in [-0.25, -0.2) is 0 Å². The van der Waals surface area contributed by atoms with Gasteiger partial charge in [0.1, 0.15) is 0 Å². The molecule has 104 valence electrons. The Morgan fingerprint density at radius 3 is 2.58 bits per heavy atom. The molecule has 1 aromatic carbocycles. The smallest absolute Gasteiger partial charge is 0.0462 e. The molecule has 2 nitrogen and oxygen atoms in total. The summed E-state index contributed by atoms with van der Waals surface area (Å²) in [5.41, 5.74) is 4.37. The van der Waals surface area contributed by atoms with Gasteiger partial charge in [0, 0.05) is 10.9 Å². The zero-order valence-electron chi connectivity index (χ0n) is 11.6. The van der Waals surface area contributed by atoms with Crippen LogP contribution in [0.3, 0.4) is 0 Å². The lowest BCUT2D eigenvalue weighted by molar-refractivity contribution is 0.280. The van der Waals surface area contributed by atoms with E-state index in [0.29, 0.717) is 6.04 Å². The zero-order chi connectivity index (χ0) is 13.2. The average Bonchev–Trinajstić information content (AvgIpc) is 3.07. The summed E-state index contributed by atoms with van der Waals surface area (Å²) in [6.45, 7) is 0. The second-order valence-electron chi connectivity index (χ2n) is 6.16. The third-order valence-corrected chi connectivity index (χ3v) is 5.89. The molecule has 1 aromatic rings. The third-order valence-electron chi connectivity index (χ3n) is 5.14. The maximum absolute atomic E-state index is 5.80. The highest BCUT2D eigenvalue weighted by molar-refractivity contribution is 7.98. The van der Waals surface area contributed by atoms with E-state index in [1.165, 1.54) is 42.6 Å². The standard InChI is InChI=1S/C16H24N2S/c1-19-15-6-4-12(5-7-15)16(18-17)10-14-9-11-2-3-13(14)8-11/h4-7,11,13-14,16,18H,2-3,8-10,17H2,1H3. The first-order valence-electron chi connectivity index (χ1n) is 7.40. The van der Waals surface area contributed by atoms with Crippen molar-refractivity contribution in [1.29, 1.82) is 0 Å². The Morgan fingerprint density at radius 1 is 1.26 bits per heavy atom. The first kappa shape index (κ1) is 13.5. The van der Waals surface area contributed by atoms with Crippen LogP contribution in [0.25, 0.3) is 0 Å². The van der Waals surface area contributed by atoms with E-state index in [0.717, 1.165) is 17.8 Å². The van der Waals surface area contributed by atoms with Gasteiger partial charge in [0.2, 0.25) is 0 Å². The van der Waals surface area contributed by atoms with Crippen molar-refractivity contribution in [2.45, 2.75) is 43.0 Å². The summed E-state index contributed by atoms with van der Waals surface area (Å²) in [6.07, 6.45) is 9.17. The van der Waals surface area contributed by atoms with Crippen LogP contribution < -0.4 is 11.3 Å². The van der Waals surface area contributed by atoms with Gasteiger partial charge in [0.15, 0.2) is 0 Å². The minimum atomic E-state index is 0.320. The zero-order valence-corrected chi connectivity index (χ0v) is 12.5. The van der Waals surface area contributed by atoms with E-state index in [9.17, 15) is 0 Å². The number of thioether (sulfide) groups is 1. The van der Waals surface area contributed by atoms with E-state index < -0.39 is 0 Å². The number of nitrogens with two attached hydrogens (primary N) is 1. The van der Waals surface area contributed by atoms with Crippen LogP contribution in [0.5, 0.6) is 0 Å². The summed E-state index contributed by atoms with van der Waals surface area (Å²) in [7, 11) is 0. The molecular formula is C16H24N2S. The Bertz CT molecular complexity index is 417. The molecule has 2 aliphatic rings. The summed E-state index contributed by atoms with van der Waals surface area (Å²) in [4.78, 5) is 1.32. The highest BCUT2D eigenvalue weighted by atomic mass is 32.2. The van der Waals surface area contributed by atoms with Gasteiger partial charge in [-0.2, -0.15) is 0 Å². The summed E-state index contributed by atoms with van der Waals surface area (Å²) < 4.78 is 0. The van der Waals surface area contributed by atoms with Gasteiger partial charge in [-0.3, -0.25) is 11.3 Å². The molecule has 2 saturated carbocycles. The number of hydrazine groups is 1. The van der Waals surface area contributed by atoms with Gasteiger partial charge in [-0.1, -0.05) is 18.6 Å². The molecule has 0 saturated heterocycles. The van der Waals surface area contributed by atoms with Crippen molar-refractivity contribution in [3.8, 4) is 0 Å². The van der Waals surface area contributed by atoms with Crippen LogP contribution >= 0.6 is 11.8 Å². The molecule has 3 heteroatoms. The second-order valence-corrected chi connectivity index (χ2v) is 7.04. The molecule has 3 rings (SSSR count). The lowest BCUT2D eigenvalue weighted by atomic mass is 9.83. The van der Waals surface area contributed by atoms with Gasteiger partial charge in [-0.15, -0.1) is 11.8 Å². The minimum absolute atomic E-state index is 0.320. The molecular weight excluding hydrogens is 252 g/mol. The van der Waals surface area contributed by atoms with Gasteiger partial charge in [-0.05, 0) is 67.4 Å². The number of nitrogens with one attached hydrogen (secondary N) is 1. The lowest BCUT2D eigenvalue weighted by Crippen LogP contribution is -2.30. The maximum atomic E-state index is 5.80. The van der Waals surface area contributed by atoms with E-state index in [1.807, 2.05) is 0 Å². The molecule has 4 unspecified atom stereocenters. The quantitative estimate of drug-likeness (QED) is 0.489. The first-order chi connectivity index (χ1) is 9.30. The van der Waals surface area contributed by atoms with E-state index in [-0.39, 0.29) is 0 Å². The molecule has 4 atom stereocenters. The molecule has 3 N–H and O–H groups in total. The van der Waals surface area contributed by atoms with Crippen LogP contribution in [0.2, 0.25) is 0 Å². The van der Waals surface area contributed by atoms with Gasteiger partial charge in [0.05, 0.1) is 0 Å². The van der Waals surface area contributed by atoms with Crippen molar-refractivity contribution < 1.29 is 0 Å². The molecule has 0 radical (unpaired) electrons. The van der Waals surface area contributed by atoms with Crippen molar-refractivity contribution in [3.63, 3.8) is 0 Å². The molecule has 0 aromatic heterocycles. The summed E-state index contributed by atoms with van der Waals surface area (Å²) in [6, 6.07) is 9.17. The topological polar surface area (TPSA) is 38.0 Å². The normalized spacial score (nSPS) is 30.7. The highest BCUT2D eigenvalue weighted by Gasteiger charge is 2.40. The van der Waals surface area contributed by atoms with E-state index >= 15 is 0 Å². The molecule has 2 aliphatic carbocycles. The Labute approximate surface area is 120 Å². The summed E-state index contributed by atoms with van der Waals surface area (Å²) in [5, 5.41) is 0. The number of hydrogen-bond acceptors (Lipinski definition) is 3. The molecule has 0 amide bonds. The number of hydrogen-bond donors (Lipinski definition) is 2. The first-order valence-corrected chi connectivity index (χ1v) is 8.62. The Morgan fingerprint density at radius 2 is 2.05 bits per heavy atom. The fourth-order valence-corrected chi connectivity index (χ4v) is 4.51. The number of benzene rings is 1. The van der Waals surface area contributed by atoms with Crippen molar-refractivity contribution in [2.24, 2.45) is 23.6 Å². The van der Waals surface area contributed by atoms with Crippen LogP contribution in [-0.2, 0) is 0 Å². The predicted octanol–water partition coefficient (Wildman–Crippen LogP) is 3.74. The van der Waals surface area contributed by atoms with E-state index in [2.05, 4.69) is 35.9 Å². The monoisotopic (exact) mass is 276 g/mol. The maximum Gasteiger partial charge on any atom is 0.0462 e. The van der Waals surface area contributed by atoms with Crippen molar-refractivity contribution >= 4 is 11.8 Å². The molecule has 2 bridgehead atoms. The van der Waals surface area contributed by atoms with E-state index in [1.54, 1.807) is 11.8 Å². The number of fused-ring (bicyclic) bond motifs is 2. The third kappa shape index (κ3) is 2.83. The molecule has 0 heterocycles. The van der Waals surface area contributed by atoms with Crippen LogP contribution in [0.4, 0.5) is 0 Å². The second kappa shape index (κ2) is 5.86. The molecule has 0 spiro atoms. The average molecular weight is 276 g/mol. The van der Waals surface area contributed by atoms with Crippen molar-refractivity contribution in [1.82, 2.24) is 5.43 Å². The lowest BCUT2D eigenvalue weighted by Gasteiger charge is -2.26. The summed E-state index contributed by atoms with van der Waals surface area (Å²) >= 11 is 1.79. The predicted molar refractivity (Wildman–Crippen MR) is 81.8 cm³/mol. The van der Waals surface area contributed by atoms with E-state index in [4.69, 9.17) is 5.84 Å². The highest BCUT2D eigenvalue weighted by Crippen LogP contribution is 2.50. The van der Waals surface area contributed by atoms with Crippen LogP contribution in [0.15, 0.2) is 29.2 Å². The minimum Gasteiger partial charge on any atom is -0.271 e. The fourth-order valence-electron chi connectivity index (χ4n) is 4.10. The Balaban J connectivity index is 1.66. The SMILES string of the molecule is CSc1ccc(C(CC2CC3CCC2C3)NN)cc1. The van der Waals surface area contributed by atoms with Crippen LogP contribution in [0.1, 0.15) is 43.7 Å². The molecule has 2 fully saturated rings. The Hall–Kier alpha value is -0.510. The molecule has 0 aliphatic heterocycles. The van der Waals surface area contributed by atoms with Crippen molar-refractivity contribution in [2.75, 3.05) is 6.26 Å². The van der Waals surface area contributed by atoms with Gasteiger partial charge >= 0.3 is 0 Å². The molecule has 19 heavy (non-hydrogen) atoms. The van der Waals surface area contributed by atoms with Crippen molar-refractivity contribution in [3.05, 3.63) is 29.8 Å². The fraction of sp³-hybridized carbons (Fsp3) is 0.625. The van der Waals surface area contributed by atoms with Crippen LogP contribution in [0, 0.1) is 17.8 Å². The van der Waals surface area contributed by atoms with Gasteiger partial charge in [0.25, 0.3) is 0 Å². The van der Waals surface area contributed by atoms with Gasteiger partial charge < -0.3 is 0 Å². The Kier molecular flexibility index (Phi) is 4.15. The van der Waals surface area contributed by atoms with Crippen LogP contribution in [-0.4, -0.2) is 6.26 Å². The number of rotatable bonds is 5. The summed E-state index contributed by atoms with van der Waals surface area (Å²) in [5.74, 6) is 8.68. The largest absolute Gasteiger partial charge is 0.271 e.